The van der Waals surface area contributed by atoms with Crippen LogP contribution >= 0.6 is 0 Å². The van der Waals surface area contributed by atoms with E-state index in [2.05, 4.69) is 6.92 Å². The number of ether oxygens (including phenoxy) is 1. The van der Waals surface area contributed by atoms with Gasteiger partial charge in [-0.25, -0.2) is 0 Å². The van der Waals surface area contributed by atoms with Crippen LogP contribution in [0.25, 0.3) is 0 Å². The van der Waals surface area contributed by atoms with Crippen molar-refractivity contribution in [3.63, 3.8) is 0 Å². The molecule has 0 saturated heterocycles. The molecule has 21 heavy (non-hydrogen) atoms. The maximum atomic E-state index is 12.6. The number of amides is 1. The highest BCUT2D eigenvalue weighted by atomic mass is 16.5. The third kappa shape index (κ3) is 2.77. The number of nitrogens with two attached hydrogens (primary N) is 1. The van der Waals surface area contributed by atoms with Gasteiger partial charge in [0.25, 0.3) is 0 Å². The van der Waals surface area contributed by atoms with Crippen molar-refractivity contribution in [3.8, 4) is 0 Å². The Kier molecular flexibility index (Phi) is 3.89. The third-order valence-electron chi connectivity index (χ3n) is 4.65. The lowest BCUT2D eigenvalue weighted by atomic mass is 9.79. The Morgan fingerprint density at radius 3 is 2.90 bits per heavy atom. The molecule has 3 rings (SSSR count). The van der Waals surface area contributed by atoms with E-state index in [4.69, 9.17) is 10.5 Å². The molecule has 0 aromatic heterocycles. The van der Waals surface area contributed by atoms with Gasteiger partial charge in [0.15, 0.2) is 0 Å². The van der Waals surface area contributed by atoms with Crippen molar-refractivity contribution in [1.82, 2.24) is 0 Å². The molecule has 1 fully saturated rings. The van der Waals surface area contributed by atoms with E-state index in [-0.39, 0.29) is 11.9 Å². The summed E-state index contributed by atoms with van der Waals surface area (Å²) in [5.74, 6) is 0.727. The Hall–Kier alpha value is -1.55. The van der Waals surface area contributed by atoms with Gasteiger partial charge in [-0.05, 0) is 62.8 Å². The molecule has 1 aromatic rings. The number of carbonyl (C=O) groups is 1. The van der Waals surface area contributed by atoms with Gasteiger partial charge in [0.1, 0.15) is 0 Å². The van der Waals surface area contributed by atoms with E-state index in [1.807, 2.05) is 30.0 Å². The second-order valence-electron chi connectivity index (χ2n) is 6.32. The van der Waals surface area contributed by atoms with Crippen LogP contribution in [0.4, 0.5) is 11.4 Å². The predicted octanol–water partition coefficient (Wildman–Crippen LogP) is 2.75. The van der Waals surface area contributed by atoms with E-state index in [1.54, 1.807) is 0 Å². The summed E-state index contributed by atoms with van der Waals surface area (Å²) < 4.78 is 5.57. The summed E-state index contributed by atoms with van der Waals surface area (Å²) in [6, 6.07) is 6.09. The van der Waals surface area contributed by atoms with E-state index in [9.17, 15) is 4.79 Å². The second-order valence-corrected chi connectivity index (χ2v) is 6.32. The highest BCUT2D eigenvalue weighted by Gasteiger charge is 2.36. The van der Waals surface area contributed by atoms with Crippen LogP contribution in [0.5, 0.6) is 0 Å². The van der Waals surface area contributed by atoms with Crippen LogP contribution in [0.1, 0.15) is 38.7 Å². The summed E-state index contributed by atoms with van der Waals surface area (Å²) in [6.07, 6.45) is 3.96. The molecule has 1 amide bonds. The van der Waals surface area contributed by atoms with Crippen LogP contribution in [-0.4, -0.2) is 24.7 Å². The monoisotopic (exact) mass is 288 g/mol. The summed E-state index contributed by atoms with van der Waals surface area (Å²) in [5, 5.41) is 0. The number of hydrogen-bond acceptors (Lipinski definition) is 3. The molecule has 114 valence electrons. The Morgan fingerprint density at radius 1 is 1.43 bits per heavy atom. The molecule has 4 heteroatoms. The molecule has 0 spiro atoms. The first-order valence-corrected chi connectivity index (χ1v) is 7.90. The van der Waals surface area contributed by atoms with Crippen molar-refractivity contribution in [2.45, 2.75) is 51.7 Å². The van der Waals surface area contributed by atoms with E-state index < -0.39 is 0 Å². The molecule has 1 aliphatic carbocycles. The summed E-state index contributed by atoms with van der Waals surface area (Å²) in [6.45, 7) is 4.90. The SMILES string of the molecule is CCOC1CC(CC(=O)N2c3ccc(N)cc3CC2C)C1. The molecule has 1 heterocycles. The Bertz CT molecular complexity index is 538. The van der Waals surface area contributed by atoms with E-state index in [1.165, 1.54) is 5.56 Å². The number of rotatable bonds is 4. The molecule has 1 aliphatic heterocycles. The number of nitrogen functional groups attached to an aromatic ring is 1. The van der Waals surface area contributed by atoms with Gasteiger partial charge in [-0.15, -0.1) is 0 Å². The molecular weight excluding hydrogens is 264 g/mol. The molecule has 0 bridgehead atoms. The molecule has 1 unspecified atom stereocenters. The average molecular weight is 288 g/mol. The van der Waals surface area contributed by atoms with Crippen LogP contribution < -0.4 is 10.6 Å². The lowest BCUT2D eigenvalue weighted by Crippen LogP contribution is -2.40. The maximum Gasteiger partial charge on any atom is 0.227 e. The number of benzene rings is 1. The summed E-state index contributed by atoms with van der Waals surface area (Å²) in [4.78, 5) is 14.6. The predicted molar refractivity (Wildman–Crippen MR) is 84.3 cm³/mol. The van der Waals surface area contributed by atoms with Gasteiger partial charge in [-0.3, -0.25) is 4.79 Å². The minimum Gasteiger partial charge on any atom is -0.399 e. The quantitative estimate of drug-likeness (QED) is 0.867. The summed E-state index contributed by atoms with van der Waals surface area (Å²) >= 11 is 0. The van der Waals surface area contributed by atoms with Crippen LogP contribution in [0.15, 0.2) is 18.2 Å². The van der Waals surface area contributed by atoms with Crippen molar-refractivity contribution in [2.24, 2.45) is 5.92 Å². The second kappa shape index (κ2) is 5.68. The molecule has 2 N–H and O–H groups in total. The maximum absolute atomic E-state index is 12.6. The van der Waals surface area contributed by atoms with E-state index in [0.717, 1.165) is 37.2 Å². The summed E-state index contributed by atoms with van der Waals surface area (Å²) in [7, 11) is 0. The Labute approximate surface area is 126 Å². The zero-order chi connectivity index (χ0) is 15.0. The molecular formula is C17H24N2O2. The molecule has 1 atom stereocenters. The molecule has 0 radical (unpaired) electrons. The largest absolute Gasteiger partial charge is 0.399 e. The van der Waals surface area contributed by atoms with Gasteiger partial charge in [0.05, 0.1) is 6.10 Å². The van der Waals surface area contributed by atoms with Crippen LogP contribution in [0.2, 0.25) is 0 Å². The van der Waals surface area contributed by atoms with Crippen LogP contribution in [0.3, 0.4) is 0 Å². The van der Waals surface area contributed by atoms with Gasteiger partial charge >= 0.3 is 0 Å². The van der Waals surface area contributed by atoms with Gasteiger partial charge in [-0.1, -0.05) is 0 Å². The fourth-order valence-corrected chi connectivity index (χ4v) is 3.59. The van der Waals surface area contributed by atoms with Gasteiger partial charge in [0.2, 0.25) is 5.91 Å². The summed E-state index contributed by atoms with van der Waals surface area (Å²) in [5.41, 5.74) is 8.84. The zero-order valence-electron chi connectivity index (χ0n) is 12.8. The fourth-order valence-electron chi connectivity index (χ4n) is 3.59. The normalized spacial score (nSPS) is 27.3. The van der Waals surface area contributed by atoms with Gasteiger partial charge < -0.3 is 15.4 Å². The van der Waals surface area contributed by atoms with E-state index in [0.29, 0.717) is 18.4 Å². The highest BCUT2D eigenvalue weighted by Crippen LogP contribution is 2.37. The minimum absolute atomic E-state index is 0.233. The van der Waals surface area contributed by atoms with E-state index >= 15 is 0 Å². The van der Waals surface area contributed by atoms with Crippen molar-refractivity contribution in [3.05, 3.63) is 23.8 Å². The smallest absolute Gasteiger partial charge is 0.227 e. The number of anilines is 2. The number of carbonyl (C=O) groups excluding carboxylic acids is 1. The van der Waals surface area contributed by atoms with Gasteiger partial charge in [0, 0.05) is 30.4 Å². The first-order valence-electron chi connectivity index (χ1n) is 7.90. The van der Waals surface area contributed by atoms with Crippen LogP contribution in [-0.2, 0) is 16.0 Å². The first kappa shape index (κ1) is 14.4. The minimum atomic E-state index is 0.233. The molecule has 4 nitrogen and oxygen atoms in total. The number of hydrogen-bond donors (Lipinski definition) is 1. The topological polar surface area (TPSA) is 55.6 Å². The van der Waals surface area contributed by atoms with Gasteiger partial charge in [-0.2, -0.15) is 0 Å². The number of fused-ring (bicyclic) bond motifs is 1. The molecule has 1 saturated carbocycles. The van der Waals surface area contributed by atoms with Crippen molar-refractivity contribution < 1.29 is 9.53 Å². The first-order chi connectivity index (χ1) is 10.1. The van der Waals surface area contributed by atoms with Crippen molar-refractivity contribution in [1.29, 1.82) is 0 Å². The lowest BCUT2D eigenvalue weighted by molar-refractivity contribution is -0.122. The number of nitrogens with zero attached hydrogens (tertiary/aromatic N) is 1. The zero-order valence-corrected chi connectivity index (χ0v) is 12.8. The van der Waals surface area contributed by atoms with Crippen molar-refractivity contribution >= 4 is 17.3 Å². The Morgan fingerprint density at radius 2 is 2.19 bits per heavy atom. The average Bonchev–Trinajstić information content (AvgIpc) is 2.71. The lowest BCUT2D eigenvalue weighted by Gasteiger charge is -2.36. The van der Waals surface area contributed by atoms with Crippen LogP contribution in [0, 0.1) is 5.92 Å². The third-order valence-corrected chi connectivity index (χ3v) is 4.65. The van der Waals surface area contributed by atoms with Crippen molar-refractivity contribution in [2.75, 3.05) is 17.2 Å². The highest BCUT2D eigenvalue weighted by molar-refractivity contribution is 5.96. The standard InChI is InChI=1S/C17H24N2O2/c1-3-21-15-7-12(8-15)9-17(20)19-11(2)6-13-10-14(18)4-5-16(13)19/h4-5,10-12,15H,3,6-9,18H2,1-2H3. The Balaban J connectivity index is 1.64. The fraction of sp³-hybridized carbons (Fsp3) is 0.588. The molecule has 1 aromatic carbocycles. The molecule has 2 aliphatic rings.